The fraction of sp³-hybridized carbons (Fsp3) is 0.467. The zero-order chi connectivity index (χ0) is 17.0. The second kappa shape index (κ2) is 6.91. The van der Waals surface area contributed by atoms with Gasteiger partial charge in [0.2, 0.25) is 0 Å². The summed E-state index contributed by atoms with van der Waals surface area (Å²) in [5.41, 5.74) is -0.693. The van der Waals surface area contributed by atoms with Crippen LogP contribution < -0.4 is 5.32 Å². The number of carbonyl (C=O) groups is 2. The lowest BCUT2D eigenvalue weighted by Crippen LogP contribution is -2.42. The zero-order valence-electron chi connectivity index (χ0n) is 12.9. The van der Waals surface area contributed by atoms with E-state index in [1.165, 1.54) is 24.3 Å². The first-order valence-electron chi connectivity index (χ1n) is 6.98. The quantitative estimate of drug-likeness (QED) is 0.794. The van der Waals surface area contributed by atoms with Crippen molar-refractivity contribution in [3.8, 4) is 0 Å². The highest BCUT2D eigenvalue weighted by molar-refractivity contribution is 7.90. The average molecular weight is 327 g/mol. The molecule has 0 unspecified atom stereocenters. The number of hydrogen-bond donors (Lipinski definition) is 2. The molecular formula is C15H21NO5S. The van der Waals surface area contributed by atoms with Crippen molar-refractivity contribution in [1.29, 1.82) is 0 Å². The number of carboxylic acid groups (broad SMARTS) is 1. The summed E-state index contributed by atoms with van der Waals surface area (Å²) in [4.78, 5) is 23.6. The van der Waals surface area contributed by atoms with Crippen molar-refractivity contribution in [2.45, 2.75) is 31.6 Å². The Hall–Kier alpha value is -1.89. The van der Waals surface area contributed by atoms with Crippen molar-refractivity contribution in [3.05, 3.63) is 29.8 Å². The minimum absolute atomic E-state index is 0.0298. The third kappa shape index (κ3) is 4.07. The van der Waals surface area contributed by atoms with E-state index in [4.69, 9.17) is 0 Å². The van der Waals surface area contributed by atoms with E-state index in [-0.39, 0.29) is 11.4 Å². The monoisotopic (exact) mass is 327 g/mol. The minimum atomic E-state index is -3.31. The molecule has 0 aliphatic heterocycles. The van der Waals surface area contributed by atoms with Gasteiger partial charge in [0.25, 0.3) is 5.91 Å². The SMILES string of the molecule is CCC(CC)(CNC(=O)c1ccc(S(C)(=O)=O)cc1)C(=O)O. The summed E-state index contributed by atoms with van der Waals surface area (Å²) in [7, 11) is -3.31. The first-order chi connectivity index (χ1) is 10.2. The second-order valence-electron chi connectivity index (χ2n) is 5.27. The molecule has 1 rings (SSSR count). The van der Waals surface area contributed by atoms with Crippen molar-refractivity contribution in [3.63, 3.8) is 0 Å². The van der Waals surface area contributed by atoms with Crippen LogP contribution >= 0.6 is 0 Å². The van der Waals surface area contributed by atoms with E-state index >= 15 is 0 Å². The van der Waals surface area contributed by atoms with E-state index in [1.54, 1.807) is 13.8 Å². The van der Waals surface area contributed by atoms with Crippen molar-refractivity contribution in [2.75, 3.05) is 12.8 Å². The van der Waals surface area contributed by atoms with Gasteiger partial charge in [0, 0.05) is 18.4 Å². The molecule has 0 radical (unpaired) electrons. The predicted octanol–water partition coefficient (Wildman–Crippen LogP) is 1.71. The van der Waals surface area contributed by atoms with Crippen LogP contribution in [0.25, 0.3) is 0 Å². The van der Waals surface area contributed by atoms with Crippen LogP contribution in [0, 0.1) is 5.41 Å². The number of carboxylic acids is 1. The lowest BCUT2D eigenvalue weighted by atomic mass is 9.82. The summed E-state index contributed by atoms with van der Waals surface area (Å²) in [5, 5.41) is 11.9. The Morgan fingerprint density at radius 3 is 2.00 bits per heavy atom. The van der Waals surface area contributed by atoms with Gasteiger partial charge in [-0.05, 0) is 37.1 Å². The number of aliphatic carboxylic acids is 1. The molecule has 1 amide bonds. The highest BCUT2D eigenvalue weighted by Gasteiger charge is 2.35. The first kappa shape index (κ1) is 18.2. The molecule has 122 valence electrons. The molecule has 0 atom stereocenters. The Kier molecular flexibility index (Phi) is 5.71. The fourth-order valence-corrected chi connectivity index (χ4v) is 2.71. The molecule has 0 bridgehead atoms. The van der Waals surface area contributed by atoms with Crippen LogP contribution in [0.15, 0.2) is 29.2 Å². The maximum atomic E-state index is 12.1. The van der Waals surface area contributed by atoms with Crippen LogP contribution in [0.2, 0.25) is 0 Å². The molecule has 0 spiro atoms. The molecule has 1 aromatic rings. The topological polar surface area (TPSA) is 101 Å². The van der Waals surface area contributed by atoms with E-state index in [9.17, 15) is 23.1 Å². The molecule has 0 aromatic heterocycles. The Bertz CT molecular complexity index is 645. The molecule has 0 heterocycles. The predicted molar refractivity (Wildman–Crippen MR) is 82.5 cm³/mol. The molecule has 7 heteroatoms. The Morgan fingerprint density at radius 2 is 1.64 bits per heavy atom. The summed E-state index contributed by atoms with van der Waals surface area (Å²) in [6, 6.07) is 5.53. The first-order valence-corrected chi connectivity index (χ1v) is 8.87. The number of carbonyl (C=O) groups excluding carboxylic acids is 1. The smallest absolute Gasteiger partial charge is 0.311 e. The zero-order valence-corrected chi connectivity index (χ0v) is 13.7. The fourth-order valence-electron chi connectivity index (χ4n) is 2.08. The van der Waals surface area contributed by atoms with Crippen LogP contribution in [0.3, 0.4) is 0 Å². The number of hydrogen-bond acceptors (Lipinski definition) is 4. The van der Waals surface area contributed by atoms with Crippen LogP contribution in [-0.2, 0) is 14.6 Å². The summed E-state index contributed by atoms with van der Waals surface area (Å²) in [5.74, 6) is -1.36. The molecule has 0 aliphatic rings. The highest BCUT2D eigenvalue weighted by Crippen LogP contribution is 2.25. The molecular weight excluding hydrogens is 306 g/mol. The minimum Gasteiger partial charge on any atom is -0.481 e. The van der Waals surface area contributed by atoms with Gasteiger partial charge in [-0.2, -0.15) is 0 Å². The highest BCUT2D eigenvalue weighted by atomic mass is 32.2. The molecule has 0 fully saturated rings. The van der Waals surface area contributed by atoms with E-state index in [0.29, 0.717) is 18.4 Å². The summed E-state index contributed by atoms with van der Waals surface area (Å²) >= 11 is 0. The van der Waals surface area contributed by atoms with Gasteiger partial charge in [-0.1, -0.05) is 13.8 Å². The molecule has 0 aliphatic carbocycles. The van der Waals surface area contributed by atoms with Gasteiger partial charge < -0.3 is 10.4 Å². The number of nitrogens with one attached hydrogen (secondary N) is 1. The van der Waals surface area contributed by atoms with E-state index in [2.05, 4.69) is 5.32 Å². The molecule has 0 saturated heterocycles. The number of sulfone groups is 1. The van der Waals surface area contributed by atoms with Gasteiger partial charge in [0.05, 0.1) is 10.3 Å². The van der Waals surface area contributed by atoms with Crippen LogP contribution in [0.5, 0.6) is 0 Å². The van der Waals surface area contributed by atoms with Gasteiger partial charge in [-0.15, -0.1) is 0 Å². The summed E-state index contributed by atoms with van der Waals surface area (Å²) in [6.07, 6.45) is 1.91. The van der Waals surface area contributed by atoms with E-state index in [1.807, 2.05) is 0 Å². The summed E-state index contributed by atoms with van der Waals surface area (Å²) in [6.45, 7) is 3.57. The number of benzene rings is 1. The third-order valence-electron chi connectivity index (χ3n) is 3.94. The third-order valence-corrected chi connectivity index (χ3v) is 5.07. The molecule has 6 nitrogen and oxygen atoms in total. The van der Waals surface area contributed by atoms with Crippen molar-refractivity contribution < 1.29 is 23.1 Å². The van der Waals surface area contributed by atoms with Gasteiger partial charge in [-0.3, -0.25) is 9.59 Å². The standard InChI is InChI=1S/C15H21NO5S/c1-4-15(5-2,14(18)19)10-16-13(17)11-6-8-12(9-7-11)22(3,20)21/h6-9H,4-5,10H2,1-3H3,(H,16,17)(H,18,19). The Labute approximate surface area is 130 Å². The Balaban J connectivity index is 2.84. The van der Waals surface area contributed by atoms with Crippen molar-refractivity contribution in [2.24, 2.45) is 5.41 Å². The maximum absolute atomic E-state index is 12.1. The van der Waals surface area contributed by atoms with Crippen molar-refractivity contribution in [1.82, 2.24) is 5.32 Å². The van der Waals surface area contributed by atoms with Crippen LogP contribution in [0.1, 0.15) is 37.0 Å². The largest absolute Gasteiger partial charge is 0.481 e. The van der Waals surface area contributed by atoms with Crippen LogP contribution in [-0.4, -0.2) is 38.2 Å². The van der Waals surface area contributed by atoms with Gasteiger partial charge in [-0.25, -0.2) is 8.42 Å². The van der Waals surface area contributed by atoms with Crippen molar-refractivity contribution >= 4 is 21.7 Å². The molecule has 2 N–H and O–H groups in total. The van der Waals surface area contributed by atoms with Gasteiger partial charge in [0.15, 0.2) is 9.84 Å². The van der Waals surface area contributed by atoms with E-state index in [0.717, 1.165) is 6.26 Å². The Morgan fingerprint density at radius 1 is 1.14 bits per heavy atom. The molecule has 1 aromatic carbocycles. The van der Waals surface area contributed by atoms with E-state index < -0.39 is 27.1 Å². The number of rotatable bonds is 7. The maximum Gasteiger partial charge on any atom is 0.311 e. The normalized spacial score (nSPS) is 12.0. The average Bonchev–Trinajstić information content (AvgIpc) is 2.47. The lowest BCUT2D eigenvalue weighted by Gasteiger charge is -2.26. The molecule has 22 heavy (non-hydrogen) atoms. The summed E-state index contributed by atoms with van der Waals surface area (Å²) < 4.78 is 22.7. The molecule has 0 saturated carbocycles. The van der Waals surface area contributed by atoms with Gasteiger partial charge in [0.1, 0.15) is 0 Å². The second-order valence-corrected chi connectivity index (χ2v) is 7.29. The van der Waals surface area contributed by atoms with Crippen LogP contribution in [0.4, 0.5) is 0 Å². The van der Waals surface area contributed by atoms with Gasteiger partial charge >= 0.3 is 5.97 Å². The number of amides is 1. The lowest BCUT2D eigenvalue weighted by molar-refractivity contribution is -0.149.